The standard InChI is InChI=1S/C22H21N3O6/c1-13-18(10-14-4-7-17(30-3)11-19(14)23-13)21(27)31-12-20(26)25-22(28)24-15-5-8-16(29-2)9-6-15/h4-11H,12H2,1-3H3,(H2,24,25,26,28). The lowest BCUT2D eigenvalue weighted by atomic mass is 10.1. The molecule has 0 bridgehead atoms. The Morgan fingerprint density at radius 1 is 0.935 bits per heavy atom. The van der Waals surface area contributed by atoms with E-state index in [0.717, 1.165) is 5.39 Å². The zero-order valence-corrected chi connectivity index (χ0v) is 17.2. The van der Waals surface area contributed by atoms with Crippen molar-refractivity contribution < 1.29 is 28.6 Å². The second-order valence-electron chi connectivity index (χ2n) is 6.49. The number of nitrogens with one attached hydrogen (secondary N) is 2. The minimum atomic E-state index is -0.768. The van der Waals surface area contributed by atoms with Crippen molar-refractivity contribution in [2.45, 2.75) is 6.92 Å². The molecule has 3 rings (SSSR count). The molecule has 0 aliphatic heterocycles. The van der Waals surface area contributed by atoms with Gasteiger partial charge in [0.25, 0.3) is 5.91 Å². The van der Waals surface area contributed by atoms with Crippen LogP contribution in [0.2, 0.25) is 0 Å². The van der Waals surface area contributed by atoms with Gasteiger partial charge in [0.05, 0.1) is 31.0 Å². The fourth-order valence-electron chi connectivity index (χ4n) is 2.79. The number of esters is 1. The van der Waals surface area contributed by atoms with E-state index in [1.54, 1.807) is 62.6 Å². The van der Waals surface area contributed by atoms with Crippen LogP contribution in [0, 0.1) is 6.92 Å². The number of carbonyl (C=O) groups excluding carboxylic acids is 3. The van der Waals surface area contributed by atoms with Gasteiger partial charge < -0.3 is 19.5 Å². The lowest BCUT2D eigenvalue weighted by Gasteiger charge is -2.10. The molecule has 0 spiro atoms. The summed E-state index contributed by atoms with van der Waals surface area (Å²) in [4.78, 5) is 40.6. The summed E-state index contributed by atoms with van der Waals surface area (Å²) < 4.78 is 15.2. The lowest BCUT2D eigenvalue weighted by molar-refractivity contribution is -0.123. The first-order valence-corrected chi connectivity index (χ1v) is 9.27. The Hall–Kier alpha value is -4.14. The van der Waals surface area contributed by atoms with Gasteiger partial charge in [-0.05, 0) is 49.4 Å². The van der Waals surface area contributed by atoms with E-state index in [4.69, 9.17) is 14.2 Å². The van der Waals surface area contributed by atoms with E-state index >= 15 is 0 Å². The second kappa shape index (κ2) is 9.57. The van der Waals surface area contributed by atoms with Crippen LogP contribution < -0.4 is 20.1 Å². The molecule has 0 unspecified atom stereocenters. The monoisotopic (exact) mass is 423 g/mol. The van der Waals surface area contributed by atoms with Crippen LogP contribution in [-0.2, 0) is 9.53 Å². The molecule has 160 valence electrons. The summed E-state index contributed by atoms with van der Waals surface area (Å²) >= 11 is 0. The molecule has 3 amide bonds. The Bertz CT molecular complexity index is 1130. The van der Waals surface area contributed by atoms with Crippen LogP contribution in [0.1, 0.15) is 16.1 Å². The first-order valence-electron chi connectivity index (χ1n) is 9.27. The number of carbonyl (C=O) groups is 3. The summed E-state index contributed by atoms with van der Waals surface area (Å²) in [5, 5.41) is 5.31. The number of amides is 3. The molecule has 31 heavy (non-hydrogen) atoms. The SMILES string of the molecule is COc1ccc(NC(=O)NC(=O)COC(=O)c2cc3ccc(OC)cc3nc2C)cc1. The first kappa shape index (κ1) is 21.6. The van der Waals surface area contributed by atoms with E-state index in [-0.39, 0.29) is 5.56 Å². The van der Waals surface area contributed by atoms with Gasteiger partial charge >= 0.3 is 12.0 Å². The van der Waals surface area contributed by atoms with Crippen LogP contribution >= 0.6 is 0 Å². The summed E-state index contributed by atoms with van der Waals surface area (Å²) in [5.41, 5.74) is 1.82. The van der Waals surface area contributed by atoms with Crippen LogP contribution in [0.4, 0.5) is 10.5 Å². The van der Waals surface area contributed by atoms with Crippen molar-refractivity contribution in [1.82, 2.24) is 10.3 Å². The topological polar surface area (TPSA) is 116 Å². The minimum Gasteiger partial charge on any atom is -0.497 e. The number of ether oxygens (including phenoxy) is 3. The molecule has 3 aromatic rings. The highest BCUT2D eigenvalue weighted by Gasteiger charge is 2.16. The van der Waals surface area contributed by atoms with E-state index in [1.165, 1.54) is 7.11 Å². The van der Waals surface area contributed by atoms with Gasteiger partial charge in [0.1, 0.15) is 11.5 Å². The number of hydrogen-bond acceptors (Lipinski definition) is 7. The number of benzene rings is 2. The number of fused-ring (bicyclic) bond motifs is 1. The molecule has 0 radical (unpaired) electrons. The number of nitrogens with zero attached hydrogens (tertiary/aromatic N) is 1. The summed E-state index contributed by atoms with van der Waals surface area (Å²) in [5.74, 6) is -0.199. The molecule has 0 saturated carbocycles. The third-order valence-electron chi connectivity index (χ3n) is 4.37. The number of aryl methyl sites for hydroxylation is 1. The number of hydrogen-bond donors (Lipinski definition) is 2. The van der Waals surface area contributed by atoms with E-state index < -0.39 is 24.5 Å². The number of anilines is 1. The van der Waals surface area contributed by atoms with Crippen LogP contribution in [0.25, 0.3) is 10.9 Å². The summed E-state index contributed by atoms with van der Waals surface area (Å²) in [6, 6.07) is 12.7. The second-order valence-corrected chi connectivity index (χ2v) is 6.49. The van der Waals surface area contributed by atoms with Gasteiger partial charge in [0.15, 0.2) is 6.61 Å². The maximum absolute atomic E-state index is 12.4. The summed E-state index contributed by atoms with van der Waals surface area (Å²) in [6.07, 6.45) is 0. The molecule has 1 heterocycles. The van der Waals surface area contributed by atoms with Crippen molar-refractivity contribution in [3.8, 4) is 11.5 Å². The van der Waals surface area contributed by atoms with Crippen molar-refractivity contribution in [2.24, 2.45) is 0 Å². The fraction of sp³-hybridized carbons (Fsp3) is 0.182. The highest BCUT2D eigenvalue weighted by Crippen LogP contribution is 2.22. The number of pyridine rings is 1. The van der Waals surface area contributed by atoms with E-state index in [0.29, 0.717) is 28.4 Å². The quantitative estimate of drug-likeness (QED) is 0.585. The number of methoxy groups -OCH3 is 2. The normalized spacial score (nSPS) is 10.3. The van der Waals surface area contributed by atoms with Crippen LogP contribution in [0.3, 0.4) is 0 Å². The van der Waals surface area contributed by atoms with Gasteiger partial charge in [0.2, 0.25) is 0 Å². The van der Waals surface area contributed by atoms with E-state index in [1.807, 2.05) is 0 Å². The number of imide groups is 1. The largest absolute Gasteiger partial charge is 0.497 e. The van der Waals surface area contributed by atoms with Crippen LogP contribution in [-0.4, -0.2) is 43.7 Å². The average molecular weight is 423 g/mol. The molecule has 2 N–H and O–H groups in total. The molecule has 0 fully saturated rings. The number of urea groups is 1. The molecule has 1 aromatic heterocycles. The molecule has 0 aliphatic carbocycles. The molecule has 0 saturated heterocycles. The zero-order valence-electron chi connectivity index (χ0n) is 17.2. The van der Waals surface area contributed by atoms with Crippen molar-refractivity contribution in [3.63, 3.8) is 0 Å². The van der Waals surface area contributed by atoms with Crippen molar-refractivity contribution in [2.75, 3.05) is 26.1 Å². The smallest absolute Gasteiger partial charge is 0.340 e. The van der Waals surface area contributed by atoms with Crippen molar-refractivity contribution in [3.05, 3.63) is 59.8 Å². The number of rotatable bonds is 6. The highest BCUT2D eigenvalue weighted by atomic mass is 16.5. The van der Waals surface area contributed by atoms with E-state index in [9.17, 15) is 14.4 Å². The first-order chi connectivity index (χ1) is 14.9. The molecule has 9 nitrogen and oxygen atoms in total. The maximum atomic E-state index is 12.4. The van der Waals surface area contributed by atoms with Gasteiger partial charge in [-0.1, -0.05) is 0 Å². The summed E-state index contributed by atoms with van der Waals surface area (Å²) in [6.45, 7) is 1.05. The minimum absolute atomic E-state index is 0.230. The predicted octanol–water partition coefficient (Wildman–Crippen LogP) is 3.07. The Morgan fingerprint density at radius 3 is 2.29 bits per heavy atom. The van der Waals surface area contributed by atoms with Gasteiger partial charge in [-0.3, -0.25) is 15.1 Å². The van der Waals surface area contributed by atoms with Crippen molar-refractivity contribution in [1.29, 1.82) is 0 Å². The van der Waals surface area contributed by atoms with Crippen LogP contribution in [0.15, 0.2) is 48.5 Å². The van der Waals surface area contributed by atoms with Gasteiger partial charge in [-0.2, -0.15) is 0 Å². The molecular formula is C22H21N3O6. The van der Waals surface area contributed by atoms with Crippen LogP contribution in [0.5, 0.6) is 11.5 Å². The maximum Gasteiger partial charge on any atom is 0.340 e. The molecule has 9 heteroatoms. The average Bonchev–Trinajstić information content (AvgIpc) is 2.77. The highest BCUT2D eigenvalue weighted by molar-refractivity contribution is 6.02. The lowest BCUT2D eigenvalue weighted by Crippen LogP contribution is -2.37. The zero-order chi connectivity index (χ0) is 22.4. The van der Waals surface area contributed by atoms with E-state index in [2.05, 4.69) is 15.6 Å². The Labute approximate surface area is 178 Å². The van der Waals surface area contributed by atoms with Crippen molar-refractivity contribution >= 4 is 34.5 Å². The van der Waals surface area contributed by atoms with Gasteiger partial charge in [0, 0.05) is 17.1 Å². The third-order valence-corrected chi connectivity index (χ3v) is 4.37. The third kappa shape index (κ3) is 5.47. The number of aromatic nitrogens is 1. The molecule has 0 aliphatic rings. The Kier molecular flexibility index (Phi) is 6.66. The molecule has 2 aromatic carbocycles. The Morgan fingerprint density at radius 2 is 1.61 bits per heavy atom. The molecule has 0 atom stereocenters. The Balaban J connectivity index is 1.56. The summed E-state index contributed by atoms with van der Waals surface area (Å²) in [7, 11) is 3.09. The molecular weight excluding hydrogens is 402 g/mol. The fourth-order valence-corrected chi connectivity index (χ4v) is 2.79. The predicted molar refractivity (Wildman–Crippen MR) is 113 cm³/mol. The van der Waals surface area contributed by atoms with Gasteiger partial charge in [-0.15, -0.1) is 0 Å². The van der Waals surface area contributed by atoms with Gasteiger partial charge in [-0.25, -0.2) is 9.59 Å².